The van der Waals surface area contributed by atoms with E-state index >= 15 is 0 Å². The first-order chi connectivity index (χ1) is 10.2. The Bertz CT molecular complexity index is 480. The highest BCUT2D eigenvalue weighted by atomic mass is 16.5. The van der Waals surface area contributed by atoms with Crippen LogP contribution in [0, 0.1) is 0 Å². The van der Waals surface area contributed by atoms with Crippen LogP contribution in [0.25, 0.3) is 0 Å². The van der Waals surface area contributed by atoms with E-state index in [9.17, 15) is 4.79 Å². The summed E-state index contributed by atoms with van der Waals surface area (Å²) >= 11 is 0. The van der Waals surface area contributed by atoms with Crippen LogP contribution >= 0.6 is 0 Å². The molecule has 0 aromatic heterocycles. The highest BCUT2D eigenvalue weighted by Crippen LogP contribution is 2.30. The number of hydrogen-bond acceptors (Lipinski definition) is 5. The molecule has 0 spiro atoms. The van der Waals surface area contributed by atoms with Crippen molar-refractivity contribution in [2.75, 3.05) is 31.5 Å². The van der Waals surface area contributed by atoms with Gasteiger partial charge in [0, 0.05) is 25.1 Å². The lowest BCUT2D eigenvalue weighted by molar-refractivity contribution is -0.118. The maximum absolute atomic E-state index is 11.2. The van der Waals surface area contributed by atoms with E-state index in [0.29, 0.717) is 12.3 Å². The molecular weight excluding hydrogens is 272 g/mol. The molecule has 0 heterocycles. The van der Waals surface area contributed by atoms with Crippen LogP contribution in [0.5, 0.6) is 0 Å². The van der Waals surface area contributed by atoms with Crippen molar-refractivity contribution < 1.29 is 19.0 Å². The van der Waals surface area contributed by atoms with E-state index in [1.165, 1.54) is 7.11 Å². The number of carbonyl (C=O) groups excluding carboxylic acids is 1. The first-order valence-electron chi connectivity index (χ1n) is 7.04. The second-order valence-corrected chi connectivity index (χ2v) is 4.88. The van der Waals surface area contributed by atoms with Gasteiger partial charge in [0.1, 0.15) is 6.10 Å². The van der Waals surface area contributed by atoms with E-state index in [2.05, 4.69) is 15.4 Å². The minimum absolute atomic E-state index is 0.0437. The van der Waals surface area contributed by atoms with Crippen molar-refractivity contribution >= 4 is 17.5 Å². The van der Waals surface area contributed by atoms with Gasteiger partial charge in [-0.25, -0.2) is 4.79 Å². The third-order valence-corrected chi connectivity index (χ3v) is 3.55. The molecule has 6 nitrogen and oxygen atoms in total. The maximum atomic E-state index is 11.2. The van der Waals surface area contributed by atoms with Crippen LogP contribution in [0.3, 0.4) is 0 Å². The molecule has 0 saturated heterocycles. The monoisotopic (exact) mass is 294 g/mol. The van der Waals surface area contributed by atoms with Gasteiger partial charge in [-0.15, -0.1) is 0 Å². The van der Waals surface area contributed by atoms with Gasteiger partial charge in [0.05, 0.1) is 19.3 Å². The molecule has 0 aliphatic heterocycles. The molecule has 3 atom stereocenters. The van der Waals surface area contributed by atoms with Crippen LogP contribution in [0.4, 0.5) is 16.2 Å². The van der Waals surface area contributed by atoms with Gasteiger partial charge in [-0.05, 0) is 31.5 Å². The quantitative estimate of drug-likeness (QED) is 0.843. The Morgan fingerprint density at radius 1 is 1.33 bits per heavy atom. The Labute approximate surface area is 124 Å². The van der Waals surface area contributed by atoms with E-state index in [-0.39, 0.29) is 18.2 Å². The van der Waals surface area contributed by atoms with Crippen molar-refractivity contribution in [1.29, 1.82) is 0 Å². The minimum Gasteiger partial charge on any atom is -0.453 e. The van der Waals surface area contributed by atoms with Crippen LogP contribution in [0.2, 0.25) is 0 Å². The van der Waals surface area contributed by atoms with Crippen molar-refractivity contribution in [3.05, 3.63) is 24.3 Å². The third kappa shape index (κ3) is 3.86. The normalized spacial score (nSPS) is 24.0. The van der Waals surface area contributed by atoms with E-state index in [1.54, 1.807) is 13.2 Å². The van der Waals surface area contributed by atoms with Gasteiger partial charge < -0.3 is 19.5 Å². The summed E-state index contributed by atoms with van der Waals surface area (Å²) in [6.07, 6.45) is 0.610. The van der Waals surface area contributed by atoms with Crippen LogP contribution in [0.1, 0.15) is 13.3 Å². The first-order valence-corrected chi connectivity index (χ1v) is 7.04. The summed E-state index contributed by atoms with van der Waals surface area (Å²) < 4.78 is 15.6. The Morgan fingerprint density at radius 3 is 2.76 bits per heavy atom. The zero-order chi connectivity index (χ0) is 15.2. The predicted molar refractivity (Wildman–Crippen MR) is 80.7 cm³/mol. The summed E-state index contributed by atoms with van der Waals surface area (Å²) in [7, 11) is 3.03. The molecule has 21 heavy (non-hydrogen) atoms. The summed E-state index contributed by atoms with van der Waals surface area (Å²) in [5.41, 5.74) is 1.60. The van der Waals surface area contributed by atoms with Crippen molar-refractivity contribution in [3.63, 3.8) is 0 Å². The van der Waals surface area contributed by atoms with Crippen LogP contribution in [-0.4, -0.2) is 45.2 Å². The SMILES string of the molecule is CCO[C@@H]1CC(Nc2cccc(NC(=O)OC)c2)[C@H]1OC. The molecule has 2 rings (SSSR count). The maximum Gasteiger partial charge on any atom is 0.411 e. The molecule has 0 radical (unpaired) electrons. The first kappa shape index (κ1) is 15.6. The Morgan fingerprint density at radius 2 is 2.10 bits per heavy atom. The van der Waals surface area contributed by atoms with Gasteiger partial charge >= 0.3 is 6.09 Å². The molecule has 1 unspecified atom stereocenters. The number of carbonyl (C=O) groups is 1. The highest BCUT2D eigenvalue weighted by molar-refractivity contribution is 5.85. The topological polar surface area (TPSA) is 68.8 Å². The van der Waals surface area contributed by atoms with Gasteiger partial charge in [-0.2, -0.15) is 0 Å². The lowest BCUT2D eigenvalue weighted by Crippen LogP contribution is -2.56. The van der Waals surface area contributed by atoms with Gasteiger partial charge in [-0.3, -0.25) is 5.32 Å². The lowest BCUT2D eigenvalue weighted by Gasteiger charge is -2.43. The molecule has 1 aliphatic rings. The number of hydrogen-bond donors (Lipinski definition) is 2. The van der Waals surface area contributed by atoms with Gasteiger partial charge in [-0.1, -0.05) is 6.07 Å². The van der Waals surface area contributed by atoms with Crippen LogP contribution < -0.4 is 10.6 Å². The van der Waals surface area contributed by atoms with Gasteiger partial charge in [0.2, 0.25) is 0 Å². The smallest absolute Gasteiger partial charge is 0.411 e. The van der Waals surface area contributed by atoms with Gasteiger partial charge in [0.15, 0.2) is 0 Å². The molecule has 1 aliphatic carbocycles. The van der Waals surface area contributed by atoms with E-state index in [0.717, 1.165) is 12.1 Å². The number of methoxy groups -OCH3 is 2. The van der Waals surface area contributed by atoms with Crippen molar-refractivity contribution in [3.8, 4) is 0 Å². The number of nitrogens with one attached hydrogen (secondary N) is 2. The van der Waals surface area contributed by atoms with Gasteiger partial charge in [0.25, 0.3) is 0 Å². The zero-order valence-electron chi connectivity index (χ0n) is 12.6. The molecule has 6 heteroatoms. The fraction of sp³-hybridized carbons (Fsp3) is 0.533. The van der Waals surface area contributed by atoms with Crippen molar-refractivity contribution in [1.82, 2.24) is 0 Å². The van der Waals surface area contributed by atoms with E-state index in [1.807, 2.05) is 25.1 Å². The Hall–Kier alpha value is -1.79. The van der Waals surface area contributed by atoms with Crippen molar-refractivity contribution in [2.24, 2.45) is 0 Å². The largest absolute Gasteiger partial charge is 0.453 e. The highest BCUT2D eigenvalue weighted by Gasteiger charge is 2.42. The Balaban J connectivity index is 1.94. The number of benzene rings is 1. The molecule has 116 valence electrons. The number of rotatable bonds is 6. The average Bonchev–Trinajstić information content (AvgIpc) is 2.46. The average molecular weight is 294 g/mol. The summed E-state index contributed by atoms with van der Waals surface area (Å²) in [4.78, 5) is 11.2. The molecule has 1 aromatic rings. The number of anilines is 2. The molecule has 1 aromatic carbocycles. The summed E-state index contributed by atoms with van der Waals surface area (Å²) in [6.45, 7) is 2.67. The Kier molecular flexibility index (Phi) is 5.41. The number of amides is 1. The summed E-state index contributed by atoms with van der Waals surface area (Å²) in [6, 6.07) is 7.69. The van der Waals surface area contributed by atoms with E-state index in [4.69, 9.17) is 9.47 Å². The second-order valence-electron chi connectivity index (χ2n) is 4.88. The van der Waals surface area contributed by atoms with Crippen LogP contribution in [0.15, 0.2) is 24.3 Å². The standard InChI is InChI=1S/C15H22N2O4/c1-4-21-13-9-12(14(13)19-2)16-10-6-5-7-11(8-10)17-15(18)20-3/h5-8,12-14,16H,4,9H2,1-3H3,(H,17,18)/t12?,13-,14-/m1/s1. The van der Waals surface area contributed by atoms with Crippen molar-refractivity contribution in [2.45, 2.75) is 31.6 Å². The fourth-order valence-corrected chi connectivity index (χ4v) is 2.49. The van der Waals surface area contributed by atoms with E-state index < -0.39 is 6.09 Å². The number of ether oxygens (including phenoxy) is 3. The summed E-state index contributed by atoms with van der Waals surface area (Å²) in [5.74, 6) is 0. The summed E-state index contributed by atoms with van der Waals surface area (Å²) in [5, 5.41) is 6.04. The fourth-order valence-electron chi connectivity index (χ4n) is 2.49. The lowest BCUT2D eigenvalue weighted by atomic mass is 9.85. The molecule has 2 N–H and O–H groups in total. The minimum atomic E-state index is -0.484. The molecule has 1 amide bonds. The second kappa shape index (κ2) is 7.28. The molecule has 1 saturated carbocycles. The molecule has 0 bridgehead atoms. The zero-order valence-corrected chi connectivity index (χ0v) is 12.6. The van der Waals surface area contributed by atoms with Crippen LogP contribution in [-0.2, 0) is 14.2 Å². The molecule has 1 fully saturated rings. The molecular formula is C15H22N2O4. The third-order valence-electron chi connectivity index (χ3n) is 3.55. The predicted octanol–water partition coefficient (Wildman–Crippen LogP) is 2.47.